The molecule has 0 unspecified atom stereocenters. The van der Waals surface area contributed by atoms with Crippen LogP contribution in [0.2, 0.25) is 0 Å². The number of benzene rings is 1. The molecular formula is C12H10N4O. The summed E-state index contributed by atoms with van der Waals surface area (Å²) in [6.07, 6.45) is 0. The Balaban J connectivity index is 1.99. The zero-order chi connectivity index (χ0) is 11.7. The largest absolute Gasteiger partial charge is 0.332 e. The van der Waals surface area contributed by atoms with Crippen LogP contribution in [0.25, 0.3) is 22.8 Å². The third kappa shape index (κ3) is 1.82. The molecule has 0 radical (unpaired) electrons. The summed E-state index contributed by atoms with van der Waals surface area (Å²) in [4.78, 5) is 4.14. The fraction of sp³-hybridized carbons (Fsp3) is 0.0833. The molecule has 3 rings (SSSR count). The van der Waals surface area contributed by atoms with Crippen LogP contribution in [0.3, 0.4) is 0 Å². The topological polar surface area (TPSA) is 67.6 Å². The summed E-state index contributed by atoms with van der Waals surface area (Å²) >= 11 is 0. The second kappa shape index (κ2) is 3.86. The lowest BCUT2D eigenvalue weighted by molar-refractivity contribution is 0.424. The Hall–Kier alpha value is -2.43. The maximum atomic E-state index is 5.07. The Bertz CT molecular complexity index is 627. The maximum Gasteiger partial charge on any atom is 0.275 e. The number of nitrogens with one attached hydrogen (secondary N) is 1. The Morgan fingerprint density at radius 1 is 1.18 bits per heavy atom. The molecule has 5 heteroatoms. The van der Waals surface area contributed by atoms with E-state index in [9.17, 15) is 0 Å². The molecule has 0 saturated carbocycles. The van der Waals surface area contributed by atoms with Crippen LogP contribution in [0.15, 0.2) is 40.9 Å². The summed E-state index contributed by atoms with van der Waals surface area (Å²) in [5.74, 6) is 1.06. The van der Waals surface area contributed by atoms with Crippen LogP contribution >= 0.6 is 0 Å². The Kier molecular flexibility index (Phi) is 2.22. The Morgan fingerprint density at radius 2 is 2.00 bits per heavy atom. The fourth-order valence-corrected chi connectivity index (χ4v) is 1.59. The molecule has 0 amide bonds. The van der Waals surface area contributed by atoms with Gasteiger partial charge in [-0.15, -0.1) is 0 Å². The maximum absolute atomic E-state index is 5.07. The molecule has 84 valence electrons. The van der Waals surface area contributed by atoms with E-state index in [2.05, 4.69) is 20.3 Å². The molecule has 17 heavy (non-hydrogen) atoms. The van der Waals surface area contributed by atoms with Crippen molar-refractivity contribution in [2.75, 3.05) is 0 Å². The summed E-state index contributed by atoms with van der Waals surface area (Å²) in [7, 11) is 0. The molecule has 0 aliphatic carbocycles. The van der Waals surface area contributed by atoms with Gasteiger partial charge in [0.1, 0.15) is 5.69 Å². The molecule has 0 saturated heterocycles. The van der Waals surface area contributed by atoms with E-state index < -0.39 is 0 Å². The number of aryl methyl sites for hydroxylation is 1. The molecule has 2 aromatic heterocycles. The van der Waals surface area contributed by atoms with Crippen molar-refractivity contribution in [1.29, 1.82) is 0 Å². The molecular weight excluding hydrogens is 216 g/mol. The van der Waals surface area contributed by atoms with Gasteiger partial charge in [0.05, 0.1) is 5.69 Å². The third-order valence-electron chi connectivity index (χ3n) is 2.41. The van der Waals surface area contributed by atoms with Crippen LogP contribution in [0, 0.1) is 6.92 Å². The molecule has 0 aliphatic rings. The van der Waals surface area contributed by atoms with Crippen LogP contribution in [0.1, 0.15) is 5.82 Å². The van der Waals surface area contributed by atoms with Crippen LogP contribution in [0.5, 0.6) is 0 Å². The zero-order valence-corrected chi connectivity index (χ0v) is 9.21. The number of nitrogens with zero attached hydrogens (tertiary/aromatic N) is 3. The van der Waals surface area contributed by atoms with Gasteiger partial charge in [-0.2, -0.15) is 10.1 Å². The highest BCUT2D eigenvalue weighted by Gasteiger charge is 2.10. The van der Waals surface area contributed by atoms with Crippen LogP contribution in [-0.2, 0) is 0 Å². The normalized spacial score (nSPS) is 10.6. The van der Waals surface area contributed by atoms with Crippen molar-refractivity contribution in [2.45, 2.75) is 6.92 Å². The molecule has 1 aromatic carbocycles. The summed E-state index contributed by atoms with van der Waals surface area (Å²) < 4.78 is 5.07. The first-order valence-corrected chi connectivity index (χ1v) is 5.24. The van der Waals surface area contributed by atoms with Crippen molar-refractivity contribution in [1.82, 2.24) is 20.3 Å². The van der Waals surface area contributed by atoms with Gasteiger partial charge in [0.15, 0.2) is 5.82 Å². The fourth-order valence-electron chi connectivity index (χ4n) is 1.59. The summed E-state index contributed by atoms with van der Waals surface area (Å²) in [6.45, 7) is 1.78. The second-order valence-corrected chi connectivity index (χ2v) is 3.68. The van der Waals surface area contributed by atoms with Gasteiger partial charge in [0, 0.05) is 5.56 Å². The molecule has 0 aliphatic heterocycles. The lowest BCUT2D eigenvalue weighted by Gasteiger charge is -1.92. The van der Waals surface area contributed by atoms with E-state index in [4.69, 9.17) is 4.52 Å². The van der Waals surface area contributed by atoms with Crippen LogP contribution in [-0.4, -0.2) is 20.3 Å². The second-order valence-electron chi connectivity index (χ2n) is 3.68. The number of hydrogen-bond acceptors (Lipinski definition) is 4. The quantitative estimate of drug-likeness (QED) is 0.728. The summed E-state index contributed by atoms with van der Waals surface area (Å²) in [5, 5.41) is 10.8. The Labute approximate surface area is 97.5 Å². The predicted octanol–water partition coefficient (Wildman–Crippen LogP) is 2.44. The number of rotatable bonds is 2. The lowest BCUT2D eigenvalue weighted by Crippen LogP contribution is -1.77. The molecule has 0 fully saturated rings. The average Bonchev–Trinajstić information content (AvgIpc) is 2.98. The zero-order valence-electron chi connectivity index (χ0n) is 9.21. The van der Waals surface area contributed by atoms with E-state index in [1.807, 2.05) is 36.4 Å². The van der Waals surface area contributed by atoms with Gasteiger partial charge in [-0.05, 0) is 13.0 Å². The van der Waals surface area contributed by atoms with Crippen molar-refractivity contribution in [2.24, 2.45) is 0 Å². The Morgan fingerprint density at radius 3 is 2.71 bits per heavy atom. The van der Waals surface area contributed by atoms with Gasteiger partial charge < -0.3 is 4.52 Å². The third-order valence-corrected chi connectivity index (χ3v) is 2.41. The highest BCUT2D eigenvalue weighted by atomic mass is 16.5. The van der Waals surface area contributed by atoms with Crippen molar-refractivity contribution >= 4 is 0 Å². The minimum atomic E-state index is 0.456. The lowest BCUT2D eigenvalue weighted by atomic mass is 10.1. The average molecular weight is 226 g/mol. The molecule has 0 atom stereocenters. The van der Waals surface area contributed by atoms with E-state index in [0.29, 0.717) is 11.7 Å². The van der Waals surface area contributed by atoms with Gasteiger partial charge in [-0.1, -0.05) is 35.5 Å². The smallest absolute Gasteiger partial charge is 0.275 e. The van der Waals surface area contributed by atoms with E-state index >= 15 is 0 Å². The number of hydrogen-bond donors (Lipinski definition) is 1. The number of aromatic amines is 1. The first kappa shape index (κ1) is 9.77. The van der Waals surface area contributed by atoms with Gasteiger partial charge in [-0.3, -0.25) is 5.10 Å². The standard InChI is InChI=1S/C12H10N4O/c1-8-13-12(17-16-8)11-7-10(14-15-11)9-5-3-2-4-6-9/h2-7H,1H3,(H,14,15). The highest BCUT2D eigenvalue weighted by molar-refractivity contribution is 5.64. The van der Waals surface area contributed by atoms with Crippen molar-refractivity contribution in [3.63, 3.8) is 0 Å². The van der Waals surface area contributed by atoms with Gasteiger partial charge in [0.25, 0.3) is 5.89 Å². The van der Waals surface area contributed by atoms with Gasteiger partial charge in [-0.25, -0.2) is 0 Å². The molecule has 3 aromatic rings. The van der Waals surface area contributed by atoms with Crippen molar-refractivity contribution in [3.8, 4) is 22.8 Å². The summed E-state index contributed by atoms with van der Waals surface area (Å²) in [5.41, 5.74) is 2.63. The van der Waals surface area contributed by atoms with Crippen molar-refractivity contribution in [3.05, 3.63) is 42.2 Å². The number of H-pyrrole nitrogens is 1. The van der Waals surface area contributed by atoms with E-state index in [1.54, 1.807) is 6.92 Å². The van der Waals surface area contributed by atoms with Gasteiger partial charge in [0.2, 0.25) is 0 Å². The highest BCUT2D eigenvalue weighted by Crippen LogP contribution is 2.22. The van der Waals surface area contributed by atoms with E-state index in [1.165, 1.54) is 0 Å². The van der Waals surface area contributed by atoms with Gasteiger partial charge >= 0.3 is 0 Å². The monoisotopic (exact) mass is 226 g/mol. The van der Waals surface area contributed by atoms with E-state index in [0.717, 1.165) is 17.0 Å². The molecule has 0 spiro atoms. The van der Waals surface area contributed by atoms with E-state index in [-0.39, 0.29) is 0 Å². The first-order valence-electron chi connectivity index (χ1n) is 5.24. The minimum absolute atomic E-state index is 0.456. The number of aromatic nitrogens is 4. The SMILES string of the molecule is Cc1noc(-c2cc(-c3ccccc3)n[nH]2)n1. The van der Waals surface area contributed by atoms with Crippen molar-refractivity contribution < 1.29 is 4.52 Å². The molecule has 5 nitrogen and oxygen atoms in total. The summed E-state index contributed by atoms with van der Waals surface area (Å²) in [6, 6.07) is 11.8. The first-order chi connectivity index (χ1) is 8.33. The molecule has 0 bridgehead atoms. The minimum Gasteiger partial charge on any atom is -0.332 e. The molecule has 2 heterocycles. The van der Waals surface area contributed by atoms with Crippen LogP contribution in [0.4, 0.5) is 0 Å². The predicted molar refractivity (Wildman–Crippen MR) is 62.1 cm³/mol. The van der Waals surface area contributed by atoms with Crippen LogP contribution < -0.4 is 0 Å². The molecule has 1 N–H and O–H groups in total.